The zero-order valence-corrected chi connectivity index (χ0v) is 10.5. The lowest BCUT2D eigenvalue weighted by molar-refractivity contribution is -0.221. The molecule has 0 saturated carbocycles. The standard InChI is InChI=1S/C13H12F3N3O/c14-13(15,16)11-8-19(5-6-20-11)12-7-17-9-3-1-2-4-10(9)18-12/h1-4,7,11H,5-6,8H2. The van der Waals surface area contributed by atoms with Crippen molar-refractivity contribution in [2.75, 3.05) is 24.6 Å². The van der Waals surface area contributed by atoms with Crippen LogP contribution in [0.1, 0.15) is 0 Å². The van der Waals surface area contributed by atoms with Gasteiger partial charge in [-0.3, -0.25) is 4.98 Å². The third-order valence-corrected chi connectivity index (χ3v) is 3.19. The van der Waals surface area contributed by atoms with Crippen LogP contribution in [0.3, 0.4) is 0 Å². The van der Waals surface area contributed by atoms with Crippen molar-refractivity contribution in [2.45, 2.75) is 12.3 Å². The molecular weight excluding hydrogens is 271 g/mol. The van der Waals surface area contributed by atoms with Gasteiger partial charge in [0.15, 0.2) is 6.10 Å². The highest BCUT2D eigenvalue weighted by atomic mass is 19.4. The van der Waals surface area contributed by atoms with E-state index in [0.29, 0.717) is 17.9 Å². The summed E-state index contributed by atoms with van der Waals surface area (Å²) >= 11 is 0. The predicted molar refractivity (Wildman–Crippen MR) is 67.5 cm³/mol. The van der Waals surface area contributed by atoms with E-state index in [1.807, 2.05) is 18.2 Å². The summed E-state index contributed by atoms with van der Waals surface area (Å²) in [7, 11) is 0. The summed E-state index contributed by atoms with van der Waals surface area (Å²) in [5.74, 6) is 0.446. The number of nitrogens with zero attached hydrogens (tertiary/aromatic N) is 3. The van der Waals surface area contributed by atoms with Crippen molar-refractivity contribution < 1.29 is 17.9 Å². The Morgan fingerprint density at radius 2 is 1.95 bits per heavy atom. The minimum atomic E-state index is -4.36. The molecule has 0 amide bonds. The van der Waals surface area contributed by atoms with Gasteiger partial charge in [0.25, 0.3) is 0 Å². The molecule has 0 bridgehead atoms. The molecule has 1 aliphatic rings. The van der Waals surface area contributed by atoms with Crippen molar-refractivity contribution in [2.24, 2.45) is 0 Å². The molecular formula is C13H12F3N3O. The van der Waals surface area contributed by atoms with Crippen LogP contribution in [0.15, 0.2) is 30.5 Å². The molecule has 1 aliphatic heterocycles. The first-order chi connectivity index (χ1) is 9.54. The number of anilines is 1. The van der Waals surface area contributed by atoms with E-state index in [0.717, 1.165) is 5.52 Å². The summed E-state index contributed by atoms with van der Waals surface area (Å²) < 4.78 is 42.9. The number of benzene rings is 1. The molecule has 0 spiro atoms. The van der Waals surface area contributed by atoms with Crippen LogP contribution in [0.2, 0.25) is 0 Å². The van der Waals surface area contributed by atoms with E-state index in [-0.39, 0.29) is 13.2 Å². The molecule has 1 unspecified atom stereocenters. The van der Waals surface area contributed by atoms with Crippen LogP contribution in [0, 0.1) is 0 Å². The average molecular weight is 283 g/mol. The number of aromatic nitrogens is 2. The number of ether oxygens (including phenoxy) is 1. The lowest BCUT2D eigenvalue weighted by Crippen LogP contribution is -2.49. The number of morpholine rings is 1. The van der Waals surface area contributed by atoms with Crippen LogP contribution in [0.5, 0.6) is 0 Å². The van der Waals surface area contributed by atoms with Crippen LogP contribution < -0.4 is 4.90 Å². The highest BCUT2D eigenvalue weighted by Gasteiger charge is 2.43. The number of alkyl halides is 3. The smallest absolute Gasteiger partial charge is 0.365 e. The van der Waals surface area contributed by atoms with Crippen molar-refractivity contribution in [3.05, 3.63) is 30.5 Å². The Labute approximate surface area is 113 Å². The van der Waals surface area contributed by atoms with Gasteiger partial charge in [-0.1, -0.05) is 12.1 Å². The normalized spacial score (nSPS) is 20.4. The minimum absolute atomic E-state index is 0.0265. The molecule has 0 aliphatic carbocycles. The molecule has 2 heterocycles. The molecule has 4 nitrogen and oxygen atoms in total. The molecule has 1 aromatic carbocycles. The largest absolute Gasteiger partial charge is 0.416 e. The SMILES string of the molecule is FC(F)(F)C1CN(c2cnc3ccccc3n2)CCO1. The first-order valence-corrected chi connectivity index (χ1v) is 6.19. The van der Waals surface area contributed by atoms with Gasteiger partial charge in [-0.15, -0.1) is 0 Å². The number of halogens is 3. The van der Waals surface area contributed by atoms with Crippen LogP contribution in [0.4, 0.5) is 19.0 Å². The van der Waals surface area contributed by atoms with Gasteiger partial charge in [-0.2, -0.15) is 13.2 Å². The monoisotopic (exact) mass is 283 g/mol. The Morgan fingerprint density at radius 1 is 1.20 bits per heavy atom. The van der Waals surface area contributed by atoms with E-state index in [9.17, 15) is 13.2 Å². The second-order valence-corrected chi connectivity index (χ2v) is 4.56. The Balaban J connectivity index is 1.87. The van der Waals surface area contributed by atoms with Crippen molar-refractivity contribution in [3.8, 4) is 0 Å². The lowest BCUT2D eigenvalue weighted by atomic mass is 10.2. The van der Waals surface area contributed by atoms with Crippen LogP contribution in [0.25, 0.3) is 11.0 Å². The van der Waals surface area contributed by atoms with E-state index < -0.39 is 12.3 Å². The maximum absolute atomic E-state index is 12.7. The first-order valence-electron chi connectivity index (χ1n) is 6.19. The van der Waals surface area contributed by atoms with Crippen molar-refractivity contribution >= 4 is 16.9 Å². The van der Waals surface area contributed by atoms with Gasteiger partial charge in [-0.05, 0) is 12.1 Å². The van der Waals surface area contributed by atoms with Crippen molar-refractivity contribution in [3.63, 3.8) is 0 Å². The first kappa shape index (κ1) is 13.1. The second-order valence-electron chi connectivity index (χ2n) is 4.56. The summed E-state index contributed by atoms with van der Waals surface area (Å²) in [6, 6.07) is 7.25. The summed E-state index contributed by atoms with van der Waals surface area (Å²) in [6.07, 6.45) is -4.63. The maximum Gasteiger partial charge on any atom is 0.416 e. The third kappa shape index (κ3) is 2.53. The van der Waals surface area contributed by atoms with Crippen LogP contribution in [-0.4, -0.2) is 41.9 Å². The molecule has 2 aromatic rings. The van der Waals surface area contributed by atoms with Crippen LogP contribution >= 0.6 is 0 Å². The molecule has 0 N–H and O–H groups in total. The summed E-state index contributed by atoms with van der Waals surface area (Å²) in [4.78, 5) is 10.1. The average Bonchev–Trinajstić information content (AvgIpc) is 2.46. The van der Waals surface area contributed by atoms with Crippen molar-refractivity contribution in [1.82, 2.24) is 9.97 Å². The van der Waals surface area contributed by atoms with E-state index in [4.69, 9.17) is 4.74 Å². The number of para-hydroxylation sites is 2. The van der Waals surface area contributed by atoms with Crippen LogP contribution in [-0.2, 0) is 4.74 Å². The Bertz CT molecular complexity index is 617. The van der Waals surface area contributed by atoms with Gasteiger partial charge < -0.3 is 9.64 Å². The van der Waals surface area contributed by atoms with Gasteiger partial charge in [0.1, 0.15) is 5.82 Å². The van der Waals surface area contributed by atoms with E-state index >= 15 is 0 Å². The number of hydrogen-bond donors (Lipinski definition) is 0. The molecule has 20 heavy (non-hydrogen) atoms. The van der Waals surface area contributed by atoms with E-state index in [2.05, 4.69) is 9.97 Å². The zero-order valence-electron chi connectivity index (χ0n) is 10.5. The molecule has 1 saturated heterocycles. The molecule has 106 valence electrons. The van der Waals surface area contributed by atoms with E-state index in [1.54, 1.807) is 11.0 Å². The number of hydrogen-bond acceptors (Lipinski definition) is 4. The number of rotatable bonds is 1. The predicted octanol–water partition coefficient (Wildman–Crippen LogP) is 2.40. The molecule has 1 fully saturated rings. The third-order valence-electron chi connectivity index (χ3n) is 3.19. The summed E-state index contributed by atoms with van der Waals surface area (Å²) in [5.41, 5.74) is 1.39. The highest BCUT2D eigenvalue weighted by molar-refractivity contribution is 5.75. The fourth-order valence-corrected chi connectivity index (χ4v) is 2.16. The van der Waals surface area contributed by atoms with Crippen molar-refractivity contribution in [1.29, 1.82) is 0 Å². The summed E-state index contributed by atoms with van der Waals surface area (Å²) in [5, 5.41) is 0. The Kier molecular flexibility index (Phi) is 3.21. The fourth-order valence-electron chi connectivity index (χ4n) is 2.16. The quantitative estimate of drug-likeness (QED) is 0.805. The molecule has 1 aromatic heterocycles. The van der Waals surface area contributed by atoms with Gasteiger partial charge in [0.05, 0.1) is 30.4 Å². The van der Waals surface area contributed by atoms with E-state index in [1.165, 1.54) is 6.20 Å². The summed E-state index contributed by atoms with van der Waals surface area (Å²) in [6.45, 7) is 0.148. The second kappa shape index (κ2) is 4.90. The minimum Gasteiger partial charge on any atom is -0.365 e. The van der Waals surface area contributed by atoms with Gasteiger partial charge in [-0.25, -0.2) is 4.98 Å². The number of fused-ring (bicyclic) bond motifs is 1. The highest BCUT2D eigenvalue weighted by Crippen LogP contribution is 2.27. The maximum atomic E-state index is 12.7. The molecule has 3 rings (SSSR count). The lowest BCUT2D eigenvalue weighted by Gasteiger charge is -2.34. The molecule has 7 heteroatoms. The fraction of sp³-hybridized carbons (Fsp3) is 0.385. The molecule has 1 atom stereocenters. The zero-order chi connectivity index (χ0) is 14.2. The molecule has 0 radical (unpaired) electrons. The Morgan fingerprint density at radius 3 is 2.70 bits per heavy atom. The topological polar surface area (TPSA) is 38.2 Å². The van der Waals surface area contributed by atoms with Gasteiger partial charge in [0.2, 0.25) is 0 Å². The van der Waals surface area contributed by atoms with Gasteiger partial charge in [0, 0.05) is 6.54 Å². The Hall–Kier alpha value is -1.89. The van der Waals surface area contributed by atoms with Gasteiger partial charge >= 0.3 is 6.18 Å².